The van der Waals surface area contributed by atoms with Crippen LogP contribution in [0.15, 0.2) is 30.3 Å². The third kappa shape index (κ3) is 2.33. The van der Waals surface area contributed by atoms with Gasteiger partial charge in [0, 0.05) is 0 Å². The lowest BCUT2D eigenvalue weighted by atomic mass is 10.0. The molecule has 0 amide bonds. The quantitative estimate of drug-likeness (QED) is 0.798. The van der Waals surface area contributed by atoms with Crippen LogP contribution in [-0.2, 0) is 0 Å². The van der Waals surface area contributed by atoms with E-state index >= 15 is 0 Å². The number of aryl methyl sites for hydroxylation is 1. The molecule has 0 aliphatic carbocycles. The number of methoxy groups -OCH3 is 1. The second-order valence-electron chi connectivity index (χ2n) is 3.72. The maximum Gasteiger partial charge on any atom is 0.199 e. The molecule has 0 aliphatic rings. The summed E-state index contributed by atoms with van der Waals surface area (Å²) in [7, 11) is 1.52. The monoisotopic (exact) mass is 262 g/mol. The average molecular weight is 263 g/mol. The number of hydrogen-bond donors (Lipinski definition) is 0. The van der Waals surface area contributed by atoms with Crippen molar-refractivity contribution in [2.45, 2.75) is 6.92 Å². The molecule has 0 radical (unpaired) electrons. The molecule has 0 bridgehead atoms. The van der Waals surface area contributed by atoms with Crippen LogP contribution >= 0.6 is 11.6 Å². The molecule has 92 valence electrons. The van der Waals surface area contributed by atoms with E-state index in [9.17, 15) is 4.79 Å². The highest BCUT2D eigenvalue weighted by Crippen LogP contribution is 2.23. The van der Waals surface area contributed by atoms with Crippen LogP contribution in [0.2, 0.25) is 5.15 Å². The predicted molar refractivity (Wildman–Crippen MR) is 68.2 cm³/mol. The Kier molecular flexibility index (Phi) is 3.58. The molecular formula is C13H11ClN2O2. The standard InChI is InChI=1S/C13H11ClN2O2/c1-8-7-10(13(14)16-15-8)12(17)9-5-3-4-6-11(9)18-2/h3-7H,1-2H3. The molecule has 5 heteroatoms. The number of aromatic nitrogens is 2. The molecule has 0 spiro atoms. The second-order valence-corrected chi connectivity index (χ2v) is 4.08. The molecule has 0 aliphatic heterocycles. The van der Waals surface area contributed by atoms with Gasteiger partial charge in [-0.25, -0.2) is 0 Å². The highest BCUT2D eigenvalue weighted by atomic mass is 35.5. The first kappa shape index (κ1) is 12.5. The SMILES string of the molecule is COc1ccccc1C(=O)c1cc(C)nnc1Cl. The normalized spacial score (nSPS) is 10.2. The van der Waals surface area contributed by atoms with Crippen molar-refractivity contribution in [3.05, 3.63) is 52.3 Å². The fraction of sp³-hybridized carbons (Fsp3) is 0.154. The van der Waals surface area contributed by atoms with Crippen LogP contribution in [0.1, 0.15) is 21.6 Å². The first-order valence-corrected chi connectivity index (χ1v) is 5.69. The summed E-state index contributed by atoms with van der Waals surface area (Å²) < 4.78 is 5.16. The van der Waals surface area contributed by atoms with Gasteiger partial charge in [0.2, 0.25) is 0 Å². The predicted octanol–water partition coefficient (Wildman–Crippen LogP) is 2.68. The smallest absolute Gasteiger partial charge is 0.199 e. The van der Waals surface area contributed by atoms with Gasteiger partial charge in [0.15, 0.2) is 10.9 Å². The lowest BCUT2D eigenvalue weighted by molar-refractivity contribution is 0.103. The number of para-hydroxylation sites is 1. The van der Waals surface area contributed by atoms with Crippen molar-refractivity contribution in [1.29, 1.82) is 0 Å². The van der Waals surface area contributed by atoms with Crippen LogP contribution in [0, 0.1) is 6.92 Å². The van der Waals surface area contributed by atoms with E-state index in [0.717, 1.165) is 0 Å². The second kappa shape index (κ2) is 5.14. The molecule has 0 atom stereocenters. The van der Waals surface area contributed by atoms with Crippen molar-refractivity contribution in [2.75, 3.05) is 7.11 Å². The van der Waals surface area contributed by atoms with Gasteiger partial charge in [-0.3, -0.25) is 4.79 Å². The molecule has 0 fully saturated rings. The van der Waals surface area contributed by atoms with Gasteiger partial charge in [-0.1, -0.05) is 23.7 Å². The fourth-order valence-electron chi connectivity index (χ4n) is 1.61. The Morgan fingerprint density at radius 1 is 1.22 bits per heavy atom. The molecule has 1 aromatic heterocycles. The number of hydrogen-bond acceptors (Lipinski definition) is 4. The van der Waals surface area contributed by atoms with E-state index in [-0.39, 0.29) is 10.9 Å². The van der Waals surface area contributed by atoms with E-state index in [1.54, 1.807) is 37.3 Å². The molecule has 4 nitrogen and oxygen atoms in total. The van der Waals surface area contributed by atoms with Gasteiger partial charge in [0.25, 0.3) is 0 Å². The number of carbonyl (C=O) groups is 1. The van der Waals surface area contributed by atoms with Gasteiger partial charge in [0.05, 0.1) is 23.9 Å². The Morgan fingerprint density at radius 3 is 2.67 bits per heavy atom. The maximum atomic E-state index is 12.4. The van der Waals surface area contributed by atoms with E-state index in [1.807, 2.05) is 0 Å². The van der Waals surface area contributed by atoms with E-state index < -0.39 is 0 Å². The number of rotatable bonds is 3. The minimum atomic E-state index is -0.226. The molecule has 0 N–H and O–H groups in total. The molecule has 1 aromatic carbocycles. The van der Waals surface area contributed by atoms with Gasteiger partial charge >= 0.3 is 0 Å². The highest BCUT2D eigenvalue weighted by molar-refractivity contribution is 6.33. The van der Waals surface area contributed by atoms with E-state index in [2.05, 4.69) is 10.2 Å². The molecule has 1 heterocycles. The third-order valence-electron chi connectivity index (χ3n) is 2.47. The molecule has 2 aromatic rings. The minimum Gasteiger partial charge on any atom is -0.496 e. The highest BCUT2D eigenvalue weighted by Gasteiger charge is 2.18. The Balaban J connectivity index is 2.51. The molecule has 18 heavy (non-hydrogen) atoms. The van der Waals surface area contributed by atoms with Crippen LogP contribution in [0.3, 0.4) is 0 Å². The van der Waals surface area contributed by atoms with Gasteiger partial charge in [-0.2, -0.15) is 5.10 Å². The maximum absolute atomic E-state index is 12.4. The van der Waals surface area contributed by atoms with Gasteiger partial charge in [-0.15, -0.1) is 5.10 Å². The van der Waals surface area contributed by atoms with E-state index in [4.69, 9.17) is 16.3 Å². The molecule has 0 saturated heterocycles. The third-order valence-corrected chi connectivity index (χ3v) is 2.75. The zero-order chi connectivity index (χ0) is 13.1. The number of benzene rings is 1. The van der Waals surface area contributed by atoms with Crippen molar-refractivity contribution in [3.63, 3.8) is 0 Å². The van der Waals surface area contributed by atoms with Crippen LogP contribution < -0.4 is 4.74 Å². The molecule has 2 rings (SSSR count). The van der Waals surface area contributed by atoms with Crippen LogP contribution in [0.25, 0.3) is 0 Å². The summed E-state index contributed by atoms with van der Waals surface area (Å²) in [5.41, 5.74) is 1.42. The number of carbonyl (C=O) groups excluding carboxylic acids is 1. The average Bonchev–Trinajstić information content (AvgIpc) is 2.40. The summed E-state index contributed by atoms with van der Waals surface area (Å²) in [6.07, 6.45) is 0. The summed E-state index contributed by atoms with van der Waals surface area (Å²) in [5.74, 6) is 0.281. The molecule has 0 unspecified atom stereocenters. The fourth-order valence-corrected chi connectivity index (χ4v) is 1.79. The Labute approximate surface area is 110 Å². The minimum absolute atomic E-state index is 0.0940. The van der Waals surface area contributed by atoms with Crippen molar-refractivity contribution in [1.82, 2.24) is 10.2 Å². The summed E-state index contributed by atoms with van der Waals surface area (Å²) in [5, 5.41) is 7.62. The lowest BCUT2D eigenvalue weighted by Gasteiger charge is -2.08. The van der Waals surface area contributed by atoms with Crippen molar-refractivity contribution in [3.8, 4) is 5.75 Å². The van der Waals surface area contributed by atoms with Crippen molar-refractivity contribution >= 4 is 17.4 Å². The zero-order valence-corrected chi connectivity index (χ0v) is 10.7. The Hall–Kier alpha value is -1.94. The van der Waals surface area contributed by atoms with E-state index in [1.165, 1.54) is 7.11 Å². The van der Waals surface area contributed by atoms with Gasteiger partial charge < -0.3 is 4.74 Å². The lowest BCUT2D eigenvalue weighted by Crippen LogP contribution is -2.07. The summed E-state index contributed by atoms with van der Waals surface area (Å²) >= 11 is 5.90. The van der Waals surface area contributed by atoms with E-state index in [0.29, 0.717) is 22.6 Å². The summed E-state index contributed by atoms with van der Waals surface area (Å²) in [4.78, 5) is 12.4. The van der Waals surface area contributed by atoms with Crippen molar-refractivity contribution in [2.24, 2.45) is 0 Å². The number of ketones is 1. The Morgan fingerprint density at radius 2 is 1.94 bits per heavy atom. The zero-order valence-electron chi connectivity index (χ0n) is 9.98. The molecular weight excluding hydrogens is 252 g/mol. The Bertz CT molecular complexity index is 599. The van der Waals surface area contributed by atoms with Gasteiger partial charge in [0.1, 0.15) is 5.75 Å². The number of halogens is 1. The number of ether oxygens (including phenoxy) is 1. The largest absolute Gasteiger partial charge is 0.496 e. The van der Waals surface area contributed by atoms with Crippen LogP contribution in [-0.4, -0.2) is 23.1 Å². The summed E-state index contributed by atoms with van der Waals surface area (Å²) in [6, 6.07) is 8.60. The molecule has 0 saturated carbocycles. The first-order valence-electron chi connectivity index (χ1n) is 5.31. The number of nitrogens with zero attached hydrogens (tertiary/aromatic N) is 2. The van der Waals surface area contributed by atoms with Gasteiger partial charge in [-0.05, 0) is 25.1 Å². The topological polar surface area (TPSA) is 52.1 Å². The summed E-state index contributed by atoms with van der Waals surface area (Å²) in [6.45, 7) is 1.75. The van der Waals surface area contributed by atoms with Crippen molar-refractivity contribution < 1.29 is 9.53 Å². The van der Waals surface area contributed by atoms with Crippen LogP contribution in [0.4, 0.5) is 0 Å². The first-order chi connectivity index (χ1) is 8.63. The van der Waals surface area contributed by atoms with Crippen LogP contribution in [0.5, 0.6) is 5.75 Å².